The van der Waals surface area contributed by atoms with Crippen molar-refractivity contribution >= 4 is 21.2 Å². The molecule has 0 fully saturated rings. The second-order valence-electron chi connectivity index (χ2n) is 4.44. The summed E-state index contributed by atoms with van der Waals surface area (Å²) in [6, 6.07) is 3.75. The van der Waals surface area contributed by atoms with Crippen LogP contribution in [-0.4, -0.2) is 36.7 Å². The SMILES string of the molecule is N[C@@H](Cc1ccc(C(P(=O)(O)O)P(=O)(O)O)cc1)C(=O)O. The number of aliphatic carboxylic acids is 1. The zero-order valence-electron chi connectivity index (χ0n) is 10.6. The van der Waals surface area contributed by atoms with Crippen LogP contribution in [0.15, 0.2) is 24.3 Å². The summed E-state index contributed by atoms with van der Waals surface area (Å²) < 4.78 is 22.5. The molecule has 9 nitrogen and oxygen atoms in total. The average Bonchev–Trinajstić information content (AvgIpc) is 2.27. The van der Waals surface area contributed by atoms with Crippen LogP contribution < -0.4 is 5.73 Å². The second-order valence-corrected chi connectivity index (χ2v) is 8.24. The van der Waals surface area contributed by atoms with E-state index in [4.69, 9.17) is 30.4 Å². The molecule has 0 heterocycles. The lowest BCUT2D eigenvalue weighted by molar-refractivity contribution is -0.138. The smallest absolute Gasteiger partial charge is 0.345 e. The van der Waals surface area contributed by atoms with Gasteiger partial charge >= 0.3 is 21.2 Å². The van der Waals surface area contributed by atoms with Crippen LogP contribution in [0.2, 0.25) is 0 Å². The highest BCUT2D eigenvalue weighted by Crippen LogP contribution is 2.69. The molecule has 7 N–H and O–H groups in total. The van der Waals surface area contributed by atoms with Gasteiger partial charge in [0, 0.05) is 0 Å². The maximum absolute atomic E-state index is 11.2. The van der Waals surface area contributed by atoms with E-state index in [9.17, 15) is 13.9 Å². The summed E-state index contributed by atoms with van der Waals surface area (Å²) in [7, 11) is -10.1. The average molecular weight is 339 g/mol. The highest BCUT2D eigenvalue weighted by Gasteiger charge is 2.44. The van der Waals surface area contributed by atoms with Crippen molar-refractivity contribution in [3.05, 3.63) is 35.4 Å². The Morgan fingerprint density at radius 3 is 1.81 bits per heavy atom. The van der Waals surface area contributed by atoms with Crippen LogP contribution in [0.4, 0.5) is 0 Å². The molecule has 118 valence electrons. The van der Waals surface area contributed by atoms with E-state index >= 15 is 0 Å². The van der Waals surface area contributed by atoms with Gasteiger partial charge in [-0.25, -0.2) is 0 Å². The lowest BCUT2D eigenvalue weighted by Crippen LogP contribution is -2.32. The minimum absolute atomic E-state index is 0.0217. The summed E-state index contributed by atoms with van der Waals surface area (Å²) in [5.74, 6) is -1.21. The Kier molecular flexibility index (Phi) is 5.46. The maximum atomic E-state index is 11.2. The summed E-state index contributed by atoms with van der Waals surface area (Å²) in [4.78, 5) is 46.9. The molecule has 1 aromatic rings. The molecule has 1 aromatic carbocycles. The standard InChI is InChI=1S/C10H15NO8P2/c11-8(9(12)13)5-6-1-3-7(4-2-6)10(20(14,15)16)21(17,18)19/h1-4,8,10H,5,11H2,(H,12,13)(H2,14,15,16)(H2,17,18,19)/t8-/m0/s1. The third-order valence-electron chi connectivity index (χ3n) is 2.69. The normalized spacial score (nSPS) is 14.2. The van der Waals surface area contributed by atoms with Gasteiger partial charge < -0.3 is 30.4 Å². The van der Waals surface area contributed by atoms with Crippen LogP contribution in [0.3, 0.4) is 0 Å². The molecule has 0 aliphatic heterocycles. The lowest BCUT2D eigenvalue weighted by atomic mass is 10.1. The van der Waals surface area contributed by atoms with Gasteiger partial charge in [-0.15, -0.1) is 0 Å². The number of benzene rings is 1. The minimum atomic E-state index is -5.06. The first-order valence-corrected chi connectivity index (χ1v) is 8.97. The van der Waals surface area contributed by atoms with Crippen molar-refractivity contribution < 1.29 is 38.6 Å². The summed E-state index contributed by atoms with van der Waals surface area (Å²) in [5, 5.41) is 6.43. The fourth-order valence-corrected chi connectivity index (χ4v) is 4.44. The predicted molar refractivity (Wildman–Crippen MR) is 72.6 cm³/mol. The topological polar surface area (TPSA) is 178 Å². The lowest BCUT2D eigenvalue weighted by Gasteiger charge is -2.20. The molecule has 0 radical (unpaired) electrons. The molecule has 0 aliphatic carbocycles. The van der Waals surface area contributed by atoms with E-state index in [1.54, 1.807) is 0 Å². The zero-order chi connectivity index (χ0) is 16.4. The van der Waals surface area contributed by atoms with Crippen LogP contribution in [0.1, 0.15) is 16.5 Å². The van der Waals surface area contributed by atoms with Crippen molar-refractivity contribution in [2.75, 3.05) is 0 Å². The highest BCUT2D eigenvalue weighted by molar-refractivity contribution is 7.70. The van der Waals surface area contributed by atoms with E-state index < -0.39 is 32.6 Å². The first-order chi connectivity index (χ1) is 9.43. The summed E-state index contributed by atoms with van der Waals surface area (Å²) in [6.45, 7) is 0. The number of hydrogen-bond donors (Lipinski definition) is 6. The van der Waals surface area contributed by atoms with Crippen LogP contribution in [0.25, 0.3) is 0 Å². The Balaban J connectivity index is 3.08. The van der Waals surface area contributed by atoms with E-state index in [1.807, 2.05) is 0 Å². The fourth-order valence-electron chi connectivity index (χ4n) is 1.75. The number of carboxylic acid groups (broad SMARTS) is 1. The van der Waals surface area contributed by atoms with Crippen LogP contribution in [-0.2, 0) is 20.3 Å². The second kappa shape index (κ2) is 6.37. The Labute approximate surface area is 119 Å². The predicted octanol–water partition coefficient (Wildman–Crippen LogP) is -0.00500. The molecule has 0 bridgehead atoms. The van der Waals surface area contributed by atoms with Crippen molar-refractivity contribution in [2.45, 2.75) is 17.9 Å². The Morgan fingerprint density at radius 2 is 1.48 bits per heavy atom. The van der Waals surface area contributed by atoms with Gasteiger partial charge in [-0.1, -0.05) is 24.3 Å². The molecule has 1 rings (SSSR count). The Hall–Kier alpha value is -1.05. The fraction of sp³-hybridized carbons (Fsp3) is 0.300. The van der Waals surface area contributed by atoms with E-state index in [0.717, 1.165) is 12.1 Å². The molecule has 1 atom stereocenters. The minimum Gasteiger partial charge on any atom is -0.480 e. The molecular formula is C10H15NO8P2. The van der Waals surface area contributed by atoms with E-state index in [0.29, 0.717) is 5.56 Å². The van der Waals surface area contributed by atoms with Gasteiger partial charge in [0.2, 0.25) is 0 Å². The van der Waals surface area contributed by atoms with Crippen molar-refractivity contribution in [3.8, 4) is 0 Å². The summed E-state index contributed by atoms with van der Waals surface area (Å²) >= 11 is 0. The van der Waals surface area contributed by atoms with Gasteiger partial charge in [0.05, 0.1) is 0 Å². The number of carboxylic acids is 1. The van der Waals surface area contributed by atoms with Gasteiger partial charge in [0.1, 0.15) is 6.04 Å². The molecule has 0 aromatic heterocycles. The zero-order valence-corrected chi connectivity index (χ0v) is 12.4. The Bertz CT molecular complexity index is 582. The van der Waals surface area contributed by atoms with Gasteiger partial charge in [0.25, 0.3) is 0 Å². The third kappa shape index (κ3) is 5.01. The number of carbonyl (C=O) groups is 1. The molecule has 0 saturated heterocycles. The molecule has 21 heavy (non-hydrogen) atoms. The number of hydrogen-bond acceptors (Lipinski definition) is 4. The largest absolute Gasteiger partial charge is 0.480 e. The van der Waals surface area contributed by atoms with Gasteiger partial charge in [-0.2, -0.15) is 0 Å². The van der Waals surface area contributed by atoms with Gasteiger partial charge in [-0.05, 0) is 17.5 Å². The first-order valence-electron chi connectivity index (χ1n) is 5.60. The van der Waals surface area contributed by atoms with Crippen molar-refractivity contribution in [1.82, 2.24) is 0 Å². The van der Waals surface area contributed by atoms with Crippen LogP contribution in [0, 0.1) is 0 Å². The molecule has 11 heteroatoms. The van der Waals surface area contributed by atoms with E-state index in [-0.39, 0.29) is 12.0 Å². The highest BCUT2D eigenvalue weighted by atomic mass is 31.2. The molecule has 0 unspecified atom stereocenters. The molecule has 0 saturated carbocycles. The van der Waals surface area contributed by atoms with Crippen molar-refractivity contribution in [1.29, 1.82) is 0 Å². The van der Waals surface area contributed by atoms with E-state index in [1.165, 1.54) is 12.1 Å². The monoisotopic (exact) mass is 339 g/mol. The van der Waals surface area contributed by atoms with Crippen molar-refractivity contribution in [3.63, 3.8) is 0 Å². The number of rotatable bonds is 6. The quantitative estimate of drug-likeness (QED) is 0.389. The van der Waals surface area contributed by atoms with Crippen LogP contribution in [0.5, 0.6) is 0 Å². The van der Waals surface area contributed by atoms with E-state index in [2.05, 4.69) is 0 Å². The van der Waals surface area contributed by atoms with Gasteiger partial charge in [0.15, 0.2) is 5.40 Å². The van der Waals surface area contributed by atoms with Gasteiger partial charge in [-0.3, -0.25) is 13.9 Å². The van der Waals surface area contributed by atoms with Crippen LogP contribution >= 0.6 is 15.2 Å². The third-order valence-corrected chi connectivity index (χ3v) is 6.36. The molecule has 0 aliphatic rings. The van der Waals surface area contributed by atoms with Crippen molar-refractivity contribution in [2.24, 2.45) is 5.73 Å². The first kappa shape index (κ1) is 18.0. The summed E-state index contributed by atoms with van der Waals surface area (Å²) in [5.41, 5.74) is 5.57. The Morgan fingerprint density at radius 1 is 1.05 bits per heavy atom. The maximum Gasteiger partial charge on any atom is 0.345 e. The molecular weight excluding hydrogens is 324 g/mol. The molecule has 0 amide bonds. The number of nitrogens with two attached hydrogens (primary N) is 1. The molecule has 0 spiro atoms. The summed E-state index contributed by atoms with van der Waals surface area (Å²) in [6.07, 6.45) is -0.0217.